The predicted molar refractivity (Wildman–Crippen MR) is 73.2 cm³/mol. The van der Waals surface area contributed by atoms with Crippen LogP contribution in [0.4, 0.5) is 4.39 Å². The van der Waals surface area contributed by atoms with Gasteiger partial charge in [0.2, 0.25) is 0 Å². The lowest BCUT2D eigenvalue weighted by Gasteiger charge is -2.12. The Morgan fingerprint density at radius 1 is 1.21 bits per heavy atom. The largest absolute Gasteiger partial charge is 0.497 e. The first-order chi connectivity index (χ1) is 9.02. The molecule has 0 atom stereocenters. The van der Waals surface area contributed by atoms with E-state index in [1.54, 1.807) is 12.1 Å². The molecule has 2 rings (SSSR count). The third-order valence-electron chi connectivity index (χ3n) is 2.73. The van der Waals surface area contributed by atoms with Crippen LogP contribution in [-0.2, 0) is 0 Å². The first-order valence-electron chi connectivity index (χ1n) is 5.52. The second-order valence-electron chi connectivity index (χ2n) is 3.96. The topological polar surface area (TPSA) is 49.7 Å². The molecule has 0 saturated heterocycles. The Hall–Kier alpha value is -1.56. The lowest BCUT2D eigenvalue weighted by Crippen LogP contribution is -2.31. The normalized spacial score (nSPS) is 10.4. The summed E-state index contributed by atoms with van der Waals surface area (Å²) in [7, 11) is -0.293. The predicted octanol–water partition coefficient (Wildman–Crippen LogP) is 1.83. The van der Waals surface area contributed by atoms with Gasteiger partial charge in [0.25, 0.3) is 0 Å². The SMILES string of the molecule is COc1cc(Cl)c(-c2cccc(F)c2)cc1B(O)O. The molecular formula is C13H11BClFO3. The van der Waals surface area contributed by atoms with Crippen molar-refractivity contribution in [3.8, 4) is 16.9 Å². The van der Waals surface area contributed by atoms with Gasteiger partial charge in [0.1, 0.15) is 11.6 Å². The van der Waals surface area contributed by atoms with Gasteiger partial charge in [-0.3, -0.25) is 0 Å². The first kappa shape index (κ1) is 13.9. The minimum absolute atomic E-state index is 0.172. The molecular weight excluding hydrogens is 269 g/mol. The average Bonchev–Trinajstić information content (AvgIpc) is 2.37. The molecule has 0 heterocycles. The molecule has 0 aliphatic heterocycles. The monoisotopic (exact) mass is 280 g/mol. The van der Waals surface area contributed by atoms with Crippen molar-refractivity contribution in [3.63, 3.8) is 0 Å². The fourth-order valence-electron chi connectivity index (χ4n) is 1.83. The Labute approximate surface area is 115 Å². The highest BCUT2D eigenvalue weighted by molar-refractivity contribution is 6.60. The van der Waals surface area contributed by atoms with Gasteiger partial charge < -0.3 is 14.8 Å². The maximum absolute atomic E-state index is 13.2. The van der Waals surface area contributed by atoms with Crippen molar-refractivity contribution >= 4 is 24.2 Å². The zero-order valence-electron chi connectivity index (χ0n) is 10.1. The van der Waals surface area contributed by atoms with E-state index in [0.717, 1.165) is 0 Å². The van der Waals surface area contributed by atoms with Crippen LogP contribution in [0.2, 0.25) is 5.02 Å². The Kier molecular flexibility index (Phi) is 4.09. The van der Waals surface area contributed by atoms with E-state index < -0.39 is 12.9 Å². The lowest BCUT2D eigenvalue weighted by molar-refractivity contribution is 0.403. The minimum Gasteiger partial charge on any atom is -0.497 e. The molecule has 2 aromatic carbocycles. The van der Waals surface area contributed by atoms with Crippen molar-refractivity contribution in [2.24, 2.45) is 0 Å². The third-order valence-corrected chi connectivity index (χ3v) is 3.05. The number of hydrogen-bond acceptors (Lipinski definition) is 3. The van der Waals surface area contributed by atoms with Gasteiger partial charge in [0.15, 0.2) is 0 Å². The molecule has 0 aliphatic rings. The van der Waals surface area contributed by atoms with Crippen molar-refractivity contribution in [2.45, 2.75) is 0 Å². The summed E-state index contributed by atoms with van der Waals surface area (Å²) < 4.78 is 18.2. The van der Waals surface area contributed by atoms with E-state index >= 15 is 0 Å². The second-order valence-corrected chi connectivity index (χ2v) is 4.37. The van der Waals surface area contributed by atoms with Gasteiger partial charge >= 0.3 is 7.12 Å². The number of hydrogen-bond donors (Lipinski definition) is 2. The quantitative estimate of drug-likeness (QED) is 0.844. The van der Waals surface area contributed by atoms with E-state index in [2.05, 4.69) is 0 Å². The minimum atomic E-state index is -1.69. The number of halogens is 2. The summed E-state index contributed by atoms with van der Waals surface area (Å²) in [5.74, 6) is -0.129. The molecule has 98 valence electrons. The van der Waals surface area contributed by atoms with Crippen molar-refractivity contribution < 1.29 is 19.2 Å². The zero-order valence-corrected chi connectivity index (χ0v) is 10.9. The summed E-state index contributed by atoms with van der Waals surface area (Å²) in [5, 5.41) is 19.0. The van der Waals surface area contributed by atoms with E-state index in [-0.39, 0.29) is 11.2 Å². The maximum Gasteiger partial charge on any atom is 0.492 e. The Morgan fingerprint density at radius 3 is 2.53 bits per heavy atom. The van der Waals surface area contributed by atoms with Crippen molar-refractivity contribution in [2.75, 3.05) is 7.11 Å². The summed E-state index contributed by atoms with van der Waals surface area (Å²) in [6.45, 7) is 0. The molecule has 0 unspecified atom stereocenters. The van der Waals surface area contributed by atoms with E-state index in [0.29, 0.717) is 16.1 Å². The number of rotatable bonds is 3. The third kappa shape index (κ3) is 2.89. The summed E-state index contributed by atoms with van der Waals surface area (Å²) in [6.07, 6.45) is 0. The van der Waals surface area contributed by atoms with Gasteiger partial charge in [-0.2, -0.15) is 0 Å². The number of methoxy groups -OCH3 is 1. The fourth-order valence-corrected chi connectivity index (χ4v) is 2.09. The maximum atomic E-state index is 13.2. The highest BCUT2D eigenvalue weighted by Crippen LogP contribution is 2.30. The van der Waals surface area contributed by atoms with Crippen LogP contribution in [0.15, 0.2) is 36.4 Å². The van der Waals surface area contributed by atoms with Gasteiger partial charge in [-0.05, 0) is 29.8 Å². The van der Waals surface area contributed by atoms with Gasteiger partial charge in [-0.15, -0.1) is 0 Å². The Balaban J connectivity index is 2.61. The van der Waals surface area contributed by atoms with Crippen LogP contribution in [0.3, 0.4) is 0 Å². The van der Waals surface area contributed by atoms with E-state index in [1.165, 1.54) is 31.4 Å². The van der Waals surface area contributed by atoms with Crippen LogP contribution in [0.25, 0.3) is 11.1 Å². The molecule has 19 heavy (non-hydrogen) atoms. The molecule has 0 radical (unpaired) electrons. The average molecular weight is 280 g/mol. The Morgan fingerprint density at radius 2 is 1.95 bits per heavy atom. The fraction of sp³-hybridized carbons (Fsp3) is 0.0769. The van der Waals surface area contributed by atoms with Crippen LogP contribution < -0.4 is 10.2 Å². The van der Waals surface area contributed by atoms with Crippen molar-refractivity contribution in [3.05, 3.63) is 47.2 Å². The van der Waals surface area contributed by atoms with Gasteiger partial charge in [-0.25, -0.2) is 4.39 Å². The van der Waals surface area contributed by atoms with Crippen LogP contribution in [0.1, 0.15) is 0 Å². The molecule has 2 aromatic rings. The standard InChI is InChI=1S/C13H11BClFO3/c1-19-13-7-12(15)10(6-11(13)14(17)18)8-3-2-4-9(16)5-8/h2-7,17-18H,1H3. The molecule has 0 amide bonds. The molecule has 0 spiro atoms. The summed E-state index contributed by atoms with van der Waals surface area (Å²) in [5.41, 5.74) is 1.23. The molecule has 0 saturated carbocycles. The molecule has 0 fully saturated rings. The van der Waals surface area contributed by atoms with Crippen LogP contribution in [-0.4, -0.2) is 24.3 Å². The van der Waals surface area contributed by atoms with Crippen LogP contribution in [0, 0.1) is 5.82 Å². The van der Waals surface area contributed by atoms with Gasteiger partial charge in [-0.1, -0.05) is 23.7 Å². The summed E-state index contributed by atoms with van der Waals surface area (Å²) in [6, 6.07) is 8.83. The molecule has 2 N–H and O–H groups in total. The van der Waals surface area contributed by atoms with Crippen molar-refractivity contribution in [1.29, 1.82) is 0 Å². The van der Waals surface area contributed by atoms with Crippen molar-refractivity contribution in [1.82, 2.24) is 0 Å². The van der Waals surface area contributed by atoms with E-state index in [4.69, 9.17) is 16.3 Å². The number of benzene rings is 2. The second kappa shape index (κ2) is 5.61. The molecule has 0 aromatic heterocycles. The molecule has 0 bridgehead atoms. The van der Waals surface area contributed by atoms with Gasteiger partial charge in [0.05, 0.1) is 12.1 Å². The zero-order chi connectivity index (χ0) is 14.0. The van der Waals surface area contributed by atoms with E-state index in [9.17, 15) is 14.4 Å². The lowest BCUT2D eigenvalue weighted by atomic mass is 9.78. The first-order valence-corrected chi connectivity index (χ1v) is 5.90. The highest BCUT2D eigenvalue weighted by Gasteiger charge is 2.20. The van der Waals surface area contributed by atoms with Gasteiger partial charge in [0, 0.05) is 11.0 Å². The summed E-state index contributed by atoms with van der Waals surface area (Å²) in [4.78, 5) is 0. The smallest absolute Gasteiger partial charge is 0.492 e. The van der Waals surface area contributed by atoms with Crippen LogP contribution >= 0.6 is 11.6 Å². The summed E-state index contributed by atoms with van der Waals surface area (Å²) >= 11 is 6.11. The molecule has 3 nitrogen and oxygen atoms in total. The molecule has 6 heteroatoms. The number of ether oxygens (including phenoxy) is 1. The highest BCUT2D eigenvalue weighted by atomic mass is 35.5. The van der Waals surface area contributed by atoms with E-state index in [1.807, 2.05) is 0 Å². The molecule has 0 aliphatic carbocycles. The Bertz CT molecular complexity index is 604. The van der Waals surface area contributed by atoms with Crippen LogP contribution in [0.5, 0.6) is 5.75 Å².